The molecular weight excluding hydrogens is 503 g/mol. The Labute approximate surface area is 221 Å². The normalized spacial score (nSPS) is 44.3. The van der Waals surface area contributed by atoms with Crippen molar-refractivity contribution in [2.75, 3.05) is 6.61 Å². The maximum Gasteiger partial charge on any atom is 0.306 e. The number of carbonyl (C=O) groups is 4. The summed E-state index contributed by atoms with van der Waals surface area (Å²) in [6.45, 7) is 8.01. The van der Waals surface area contributed by atoms with Gasteiger partial charge in [-0.15, -0.1) is 11.6 Å². The largest absolute Gasteiger partial charge is 0.457 e. The highest BCUT2D eigenvalue weighted by atomic mass is 35.5. The highest BCUT2D eigenvalue weighted by molar-refractivity contribution is 6.26. The second-order valence-electron chi connectivity index (χ2n) is 11.5. The van der Waals surface area contributed by atoms with Crippen molar-refractivity contribution in [3.63, 3.8) is 0 Å². The molecule has 3 fully saturated rings. The Balaban J connectivity index is 1.83. The van der Waals surface area contributed by atoms with Crippen molar-refractivity contribution < 1.29 is 38.1 Å². The highest BCUT2D eigenvalue weighted by Gasteiger charge is 2.77. The summed E-state index contributed by atoms with van der Waals surface area (Å²) in [7, 11) is 0. The van der Waals surface area contributed by atoms with Crippen LogP contribution in [0.15, 0.2) is 23.8 Å². The number of aliphatic hydroxyl groups excluding tert-OH is 1. The molecule has 9 heteroatoms. The van der Waals surface area contributed by atoms with Gasteiger partial charge < -0.3 is 14.6 Å². The number of fused-ring (bicyclic) bond motifs is 5. The van der Waals surface area contributed by atoms with Gasteiger partial charge in [0.2, 0.25) is 5.78 Å². The number of ketones is 2. The molecule has 204 valence electrons. The number of esters is 2. The van der Waals surface area contributed by atoms with Crippen LogP contribution in [0.5, 0.6) is 0 Å². The Morgan fingerprint density at radius 1 is 1.14 bits per heavy atom. The summed E-state index contributed by atoms with van der Waals surface area (Å²) in [5, 5.41) is 11.7. The molecule has 0 spiro atoms. The number of hydrogen-bond acceptors (Lipinski definition) is 7. The molecule has 0 aliphatic heterocycles. The zero-order valence-corrected chi connectivity index (χ0v) is 22.8. The lowest BCUT2D eigenvalue weighted by Gasteiger charge is -2.64. The van der Waals surface area contributed by atoms with Crippen molar-refractivity contribution in [3.8, 4) is 0 Å². The zero-order chi connectivity index (χ0) is 27.6. The fourth-order valence-corrected chi connectivity index (χ4v) is 8.49. The van der Waals surface area contributed by atoms with Gasteiger partial charge in [0.25, 0.3) is 0 Å². The zero-order valence-electron chi connectivity index (χ0n) is 22.0. The lowest BCUT2D eigenvalue weighted by atomic mass is 9.45. The second-order valence-corrected chi connectivity index (χ2v) is 12.1. The fourth-order valence-electron chi connectivity index (χ4n) is 8.00. The Morgan fingerprint density at radius 3 is 2.41 bits per heavy atom. The highest BCUT2D eigenvalue weighted by Crippen LogP contribution is 2.72. The smallest absolute Gasteiger partial charge is 0.306 e. The van der Waals surface area contributed by atoms with E-state index in [4.69, 9.17) is 21.1 Å². The van der Waals surface area contributed by atoms with Crippen molar-refractivity contribution in [1.29, 1.82) is 0 Å². The Hall–Kier alpha value is -2.06. The molecule has 0 aromatic rings. The van der Waals surface area contributed by atoms with E-state index in [-0.39, 0.29) is 43.0 Å². The van der Waals surface area contributed by atoms with Crippen LogP contribution in [0, 0.1) is 28.6 Å². The molecule has 0 saturated heterocycles. The first-order valence-electron chi connectivity index (χ1n) is 13.1. The predicted molar refractivity (Wildman–Crippen MR) is 133 cm³/mol. The molecule has 0 bridgehead atoms. The number of halogens is 2. The quantitative estimate of drug-likeness (QED) is 0.402. The standard InChI is InChI=1S/C28H36ClFO7/c1-6-23(34)36-14-22(33)28(37-24(35)7-2)15(3)10-17-18-12-20(30)19-11-16(31)8-9-25(19,4)27(18,29)21(32)13-26(17,28)5/h8-9,11,15,17-18,20-21,32H,6-7,10,12-14H2,1-5H3/t15-,17-,18-,20-,21?,25-,26-,27-,28-/m0/s1. The lowest BCUT2D eigenvalue weighted by molar-refractivity contribution is -0.204. The molecule has 9 atom stereocenters. The van der Waals surface area contributed by atoms with Crippen molar-refractivity contribution >= 4 is 35.1 Å². The molecule has 37 heavy (non-hydrogen) atoms. The molecule has 0 radical (unpaired) electrons. The van der Waals surface area contributed by atoms with E-state index in [0.29, 0.717) is 6.42 Å². The molecule has 0 aromatic carbocycles. The molecule has 1 unspecified atom stereocenters. The van der Waals surface area contributed by atoms with E-state index in [1.165, 1.54) is 12.2 Å². The molecule has 4 aliphatic carbocycles. The minimum absolute atomic E-state index is 0.00801. The first-order chi connectivity index (χ1) is 17.2. The molecule has 0 amide bonds. The maximum absolute atomic E-state index is 15.7. The van der Waals surface area contributed by atoms with E-state index in [0.717, 1.165) is 0 Å². The van der Waals surface area contributed by atoms with E-state index in [1.807, 2.05) is 0 Å². The van der Waals surface area contributed by atoms with Crippen LogP contribution in [0.25, 0.3) is 0 Å². The Kier molecular flexibility index (Phi) is 7.03. The topological polar surface area (TPSA) is 107 Å². The van der Waals surface area contributed by atoms with Gasteiger partial charge in [-0.2, -0.15) is 0 Å². The maximum atomic E-state index is 15.7. The van der Waals surface area contributed by atoms with E-state index in [2.05, 4.69) is 0 Å². The summed E-state index contributed by atoms with van der Waals surface area (Å²) >= 11 is 7.38. The third-order valence-electron chi connectivity index (χ3n) is 9.80. The number of Topliss-reactive ketones (excluding diaryl/α,β-unsaturated/α-hetero) is 1. The van der Waals surface area contributed by atoms with Gasteiger partial charge >= 0.3 is 11.9 Å². The first-order valence-corrected chi connectivity index (χ1v) is 13.5. The molecular formula is C28H36ClFO7. The van der Waals surface area contributed by atoms with Gasteiger partial charge in [0.15, 0.2) is 18.0 Å². The predicted octanol–water partition coefficient (Wildman–Crippen LogP) is 4.03. The lowest BCUT2D eigenvalue weighted by Crippen LogP contribution is -2.70. The van der Waals surface area contributed by atoms with Crippen molar-refractivity contribution in [1.82, 2.24) is 0 Å². The monoisotopic (exact) mass is 538 g/mol. The van der Waals surface area contributed by atoms with Gasteiger partial charge in [0.1, 0.15) is 6.17 Å². The van der Waals surface area contributed by atoms with E-state index < -0.39 is 69.7 Å². The molecule has 0 heterocycles. The van der Waals surface area contributed by atoms with Gasteiger partial charge in [-0.25, -0.2) is 4.39 Å². The van der Waals surface area contributed by atoms with Gasteiger partial charge in [-0.1, -0.05) is 40.7 Å². The van der Waals surface area contributed by atoms with E-state index in [9.17, 15) is 24.3 Å². The number of alkyl halides is 2. The van der Waals surface area contributed by atoms with Gasteiger partial charge in [-0.3, -0.25) is 19.2 Å². The van der Waals surface area contributed by atoms with Crippen LogP contribution in [-0.2, 0) is 28.7 Å². The summed E-state index contributed by atoms with van der Waals surface area (Å²) in [6, 6.07) is 0. The van der Waals surface area contributed by atoms with E-state index in [1.54, 1.807) is 40.7 Å². The fraction of sp³-hybridized carbons (Fsp3) is 0.714. The minimum atomic E-state index is -1.68. The van der Waals surface area contributed by atoms with Crippen molar-refractivity contribution in [2.24, 2.45) is 28.6 Å². The van der Waals surface area contributed by atoms with Crippen LogP contribution in [-0.4, -0.2) is 58.0 Å². The van der Waals surface area contributed by atoms with Crippen molar-refractivity contribution in [2.45, 2.75) is 89.5 Å². The summed E-state index contributed by atoms with van der Waals surface area (Å²) in [5.74, 6) is -3.49. The second kappa shape index (κ2) is 9.30. The SMILES string of the molecule is CCC(=O)OCC(=O)[C@@]1(OC(=O)CC)[C@@H](C)C[C@H]2[C@@H]3C[C@H](F)C4=CC(=O)C=C[C@]4(C)[C@@]3(Cl)C(O)C[C@@]21C. The Bertz CT molecular complexity index is 1090. The van der Waals surface area contributed by atoms with Crippen LogP contribution in [0.4, 0.5) is 4.39 Å². The number of allylic oxidation sites excluding steroid dienone is 4. The third-order valence-corrected chi connectivity index (χ3v) is 10.7. The molecule has 3 saturated carbocycles. The van der Waals surface area contributed by atoms with Gasteiger partial charge in [0, 0.05) is 29.6 Å². The first kappa shape index (κ1) is 28.0. The molecule has 4 rings (SSSR count). The van der Waals surface area contributed by atoms with Gasteiger partial charge in [-0.05, 0) is 48.8 Å². The minimum Gasteiger partial charge on any atom is -0.457 e. The van der Waals surface area contributed by atoms with Crippen LogP contribution >= 0.6 is 11.6 Å². The number of rotatable bonds is 6. The van der Waals surface area contributed by atoms with Crippen LogP contribution in [0.2, 0.25) is 0 Å². The summed E-state index contributed by atoms with van der Waals surface area (Å²) in [5.41, 5.74) is -3.65. The summed E-state index contributed by atoms with van der Waals surface area (Å²) < 4.78 is 26.9. The molecule has 1 N–H and O–H groups in total. The molecule has 4 aliphatic rings. The van der Waals surface area contributed by atoms with Crippen LogP contribution in [0.3, 0.4) is 0 Å². The Morgan fingerprint density at radius 2 is 1.78 bits per heavy atom. The van der Waals surface area contributed by atoms with Crippen LogP contribution < -0.4 is 0 Å². The molecule has 0 aromatic heterocycles. The van der Waals surface area contributed by atoms with Crippen molar-refractivity contribution in [3.05, 3.63) is 23.8 Å². The van der Waals surface area contributed by atoms with Crippen LogP contribution in [0.1, 0.15) is 66.7 Å². The summed E-state index contributed by atoms with van der Waals surface area (Å²) in [6.07, 6.45) is 2.05. The number of carbonyl (C=O) groups excluding carboxylic acids is 4. The number of ether oxygens (including phenoxy) is 2. The number of hydrogen-bond donors (Lipinski definition) is 1. The summed E-state index contributed by atoms with van der Waals surface area (Å²) in [4.78, 5) is 49.2. The number of aliphatic hydroxyl groups is 1. The third kappa shape index (κ3) is 3.68. The average Bonchev–Trinajstić information content (AvgIpc) is 3.07. The molecule has 7 nitrogen and oxygen atoms in total. The average molecular weight is 539 g/mol. The van der Waals surface area contributed by atoms with E-state index >= 15 is 4.39 Å². The van der Waals surface area contributed by atoms with Gasteiger partial charge in [0.05, 0.1) is 11.0 Å².